The van der Waals surface area contributed by atoms with Crippen LogP contribution in [0.15, 0.2) is 12.5 Å². The molecule has 1 aromatic rings. The lowest BCUT2D eigenvalue weighted by molar-refractivity contribution is 0.474. The van der Waals surface area contributed by atoms with Gasteiger partial charge in [-0.25, -0.2) is 4.98 Å². The number of aryl methyl sites for hydroxylation is 1. The smallest absolute Gasteiger partial charge is 0.0948 e. The predicted octanol–water partition coefficient (Wildman–Crippen LogP) is 1.53. The minimum Gasteiger partial charge on any atom is -0.334 e. The molecule has 1 saturated carbocycles. The predicted molar refractivity (Wildman–Crippen MR) is 57.0 cm³/mol. The van der Waals surface area contributed by atoms with Gasteiger partial charge in [-0.15, -0.1) is 0 Å². The second-order valence-electron chi connectivity index (χ2n) is 4.91. The third-order valence-electron chi connectivity index (χ3n) is 3.81. The maximum atomic E-state index is 5.92. The van der Waals surface area contributed by atoms with Gasteiger partial charge in [-0.3, -0.25) is 0 Å². The molecule has 0 amide bonds. The Balaban J connectivity index is 2.40. The van der Waals surface area contributed by atoms with E-state index in [2.05, 4.69) is 30.3 Å². The molecule has 1 aromatic heterocycles. The van der Waals surface area contributed by atoms with Crippen LogP contribution in [-0.2, 0) is 12.0 Å². The zero-order valence-electron chi connectivity index (χ0n) is 9.25. The Labute approximate surface area is 85.3 Å². The van der Waals surface area contributed by atoms with E-state index in [4.69, 9.17) is 5.73 Å². The van der Waals surface area contributed by atoms with E-state index in [1.165, 1.54) is 12.1 Å². The molecule has 1 fully saturated rings. The van der Waals surface area contributed by atoms with Gasteiger partial charge in [0, 0.05) is 30.4 Å². The molecule has 3 nitrogen and oxygen atoms in total. The van der Waals surface area contributed by atoms with Crippen molar-refractivity contribution in [3.05, 3.63) is 18.2 Å². The fourth-order valence-electron chi connectivity index (χ4n) is 2.57. The highest BCUT2D eigenvalue weighted by atomic mass is 15.1. The molecule has 78 valence electrons. The summed E-state index contributed by atoms with van der Waals surface area (Å²) in [5.74, 6) is 0. The number of rotatable bonds is 3. The van der Waals surface area contributed by atoms with E-state index in [1.807, 2.05) is 12.5 Å². The number of hydrogen-bond acceptors (Lipinski definition) is 2. The minimum absolute atomic E-state index is 0.180. The highest BCUT2D eigenvalue weighted by Gasteiger charge is 2.62. The zero-order chi connectivity index (χ0) is 10.4. The molecular weight excluding hydrogens is 174 g/mol. The molecule has 1 aliphatic carbocycles. The molecule has 0 bridgehead atoms. The van der Waals surface area contributed by atoms with Gasteiger partial charge in [-0.2, -0.15) is 0 Å². The lowest BCUT2D eigenvalue weighted by Gasteiger charge is -2.19. The molecule has 14 heavy (non-hydrogen) atoms. The van der Waals surface area contributed by atoms with Crippen LogP contribution in [0.1, 0.15) is 32.9 Å². The van der Waals surface area contributed by atoms with Gasteiger partial charge in [0.25, 0.3) is 0 Å². The van der Waals surface area contributed by atoms with E-state index >= 15 is 0 Å². The second kappa shape index (κ2) is 2.83. The third-order valence-corrected chi connectivity index (χ3v) is 3.81. The molecule has 0 saturated heterocycles. The van der Waals surface area contributed by atoms with Crippen LogP contribution in [0, 0.1) is 5.41 Å². The fourth-order valence-corrected chi connectivity index (χ4v) is 2.57. The first-order valence-electron chi connectivity index (χ1n) is 5.28. The van der Waals surface area contributed by atoms with Gasteiger partial charge in [-0.1, -0.05) is 13.8 Å². The summed E-state index contributed by atoms with van der Waals surface area (Å²) in [6.45, 7) is 8.42. The standard InChI is InChI=1S/C11H19N3/c1-4-14-8-13-5-9(14)11(7-12)6-10(11,2)3/h5,8H,4,6-7,12H2,1-3H3. The van der Waals surface area contributed by atoms with Gasteiger partial charge < -0.3 is 10.3 Å². The summed E-state index contributed by atoms with van der Waals surface area (Å²) < 4.78 is 2.21. The fraction of sp³-hybridized carbons (Fsp3) is 0.727. The van der Waals surface area contributed by atoms with Gasteiger partial charge in [0.15, 0.2) is 0 Å². The number of nitrogens with two attached hydrogens (primary N) is 1. The van der Waals surface area contributed by atoms with Crippen LogP contribution < -0.4 is 5.73 Å². The summed E-state index contributed by atoms with van der Waals surface area (Å²) in [7, 11) is 0. The van der Waals surface area contributed by atoms with E-state index in [0.29, 0.717) is 5.41 Å². The van der Waals surface area contributed by atoms with Crippen molar-refractivity contribution in [2.24, 2.45) is 11.1 Å². The van der Waals surface area contributed by atoms with E-state index in [1.54, 1.807) is 0 Å². The summed E-state index contributed by atoms with van der Waals surface area (Å²) in [5.41, 5.74) is 7.75. The molecule has 0 aromatic carbocycles. The van der Waals surface area contributed by atoms with Crippen molar-refractivity contribution in [3.63, 3.8) is 0 Å². The van der Waals surface area contributed by atoms with Gasteiger partial charge in [-0.05, 0) is 18.8 Å². The Kier molecular flexibility index (Phi) is 1.96. The van der Waals surface area contributed by atoms with Crippen LogP contribution in [0.4, 0.5) is 0 Å². The first-order chi connectivity index (χ1) is 6.57. The Morgan fingerprint density at radius 2 is 2.21 bits per heavy atom. The van der Waals surface area contributed by atoms with Crippen molar-refractivity contribution in [3.8, 4) is 0 Å². The normalized spacial score (nSPS) is 29.1. The molecule has 2 rings (SSSR count). The quantitative estimate of drug-likeness (QED) is 0.791. The van der Waals surface area contributed by atoms with Gasteiger partial charge in [0.05, 0.1) is 6.33 Å². The first-order valence-corrected chi connectivity index (χ1v) is 5.28. The van der Waals surface area contributed by atoms with Crippen molar-refractivity contribution in [2.45, 2.75) is 39.2 Å². The van der Waals surface area contributed by atoms with Gasteiger partial charge in [0.1, 0.15) is 0 Å². The number of aromatic nitrogens is 2. The molecule has 0 spiro atoms. The summed E-state index contributed by atoms with van der Waals surface area (Å²) in [6, 6.07) is 0. The van der Waals surface area contributed by atoms with Crippen LogP contribution in [0.3, 0.4) is 0 Å². The number of hydrogen-bond donors (Lipinski definition) is 1. The third kappa shape index (κ3) is 1.05. The van der Waals surface area contributed by atoms with E-state index in [0.717, 1.165) is 13.1 Å². The molecule has 1 unspecified atom stereocenters. The summed E-state index contributed by atoms with van der Waals surface area (Å²) in [6.07, 6.45) is 5.06. The van der Waals surface area contributed by atoms with Crippen molar-refractivity contribution in [1.82, 2.24) is 9.55 Å². The van der Waals surface area contributed by atoms with Crippen molar-refractivity contribution >= 4 is 0 Å². The Morgan fingerprint density at radius 1 is 1.57 bits per heavy atom. The number of nitrogens with zero attached hydrogens (tertiary/aromatic N) is 2. The Bertz CT molecular complexity index is 340. The maximum absolute atomic E-state index is 5.92. The average Bonchev–Trinajstić information content (AvgIpc) is 2.56. The molecule has 0 aliphatic heterocycles. The van der Waals surface area contributed by atoms with Crippen LogP contribution in [0.25, 0.3) is 0 Å². The SMILES string of the molecule is CCn1cncc1C1(CN)CC1(C)C. The minimum atomic E-state index is 0.180. The van der Waals surface area contributed by atoms with E-state index in [9.17, 15) is 0 Å². The van der Waals surface area contributed by atoms with Gasteiger partial charge in [0.2, 0.25) is 0 Å². The topological polar surface area (TPSA) is 43.8 Å². The molecule has 1 atom stereocenters. The number of imidazole rings is 1. The average molecular weight is 193 g/mol. The van der Waals surface area contributed by atoms with Crippen molar-refractivity contribution < 1.29 is 0 Å². The Hall–Kier alpha value is -0.830. The lowest BCUT2D eigenvalue weighted by atomic mass is 9.92. The highest BCUT2D eigenvalue weighted by molar-refractivity contribution is 5.32. The molecule has 3 heteroatoms. The molecule has 1 heterocycles. The maximum Gasteiger partial charge on any atom is 0.0948 e. The molecule has 0 radical (unpaired) electrons. The summed E-state index contributed by atoms with van der Waals surface area (Å²) >= 11 is 0. The molecule has 2 N–H and O–H groups in total. The first kappa shape index (κ1) is 9.71. The van der Waals surface area contributed by atoms with Crippen molar-refractivity contribution in [2.75, 3.05) is 6.54 Å². The summed E-state index contributed by atoms with van der Waals surface area (Å²) in [4.78, 5) is 4.22. The lowest BCUT2D eigenvalue weighted by Crippen LogP contribution is -2.27. The van der Waals surface area contributed by atoms with Crippen LogP contribution >= 0.6 is 0 Å². The molecule has 1 aliphatic rings. The zero-order valence-corrected chi connectivity index (χ0v) is 9.25. The van der Waals surface area contributed by atoms with Crippen LogP contribution in [-0.4, -0.2) is 16.1 Å². The van der Waals surface area contributed by atoms with E-state index in [-0.39, 0.29) is 5.41 Å². The highest BCUT2D eigenvalue weighted by Crippen LogP contribution is 2.63. The summed E-state index contributed by atoms with van der Waals surface area (Å²) in [5, 5.41) is 0. The van der Waals surface area contributed by atoms with Gasteiger partial charge >= 0.3 is 0 Å². The van der Waals surface area contributed by atoms with E-state index < -0.39 is 0 Å². The monoisotopic (exact) mass is 193 g/mol. The second-order valence-corrected chi connectivity index (χ2v) is 4.91. The largest absolute Gasteiger partial charge is 0.334 e. The van der Waals surface area contributed by atoms with Crippen molar-refractivity contribution in [1.29, 1.82) is 0 Å². The van der Waals surface area contributed by atoms with Crippen LogP contribution in [0.2, 0.25) is 0 Å². The van der Waals surface area contributed by atoms with Crippen LogP contribution in [0.5, 0.6) is 0 Å². The molecular formula is C11H19N3. The Morgan fingerprint density at radius 3 is 2.64 bits per heavy atom.